The minimum Gasteiger partial charge on any atom is -0.505 e. The molecule has 0 aliphatic heterocycles. The molecule has 0 atom stereocenters. The largest absolute Gasteiger partial charge is 0.505 e. The summed E-state index contributed by atoms with van der Waals surface area (Å²) < 4.78 is 43.4. The van der Waals surface area contributed by atoms with Crippen LogP contribution in [0.2, 0.25) is 5.02 Å². The molecule has 4 rings (SSSR count). The van der Waals surface area contributed by atoms with Crippen molar-refractivity contribution in [1.82, 2.24) is 9.71 Å². The highest BCUT2D eigenvalue weighted by molar-refractivity contribution is 7.86. The van der Waals surface area contributed by atoms with E-state index in [1.165, 1.54) is 0 Å². The van der Waals surface area contributed by atoms with Crippen LogP contribution in [0.25, 0.3) is 22.4 Å². The normalized spacial score (nSPS) is 11.7. The monoisotopic (exact) mass is 498 g/mol. The van der Waals surface area contributed by atoms with Crippen LogP contribution in [0.15, 0.2) is 49.0 Å². The molecular weight excluding hydrogens is 488 g/mol. The van der Waals surface area contributed by atoms with E-state index >= 15 is 0 Å². The number of carbonyl (C=O) groups is 1. The summed E-state index contributed by atoms with van der Waals surface area (Å²) in [7, 11) is -5.01. The molecule has 13 nitrogen and oxygen atoms in total. The zero-order valence-corrected chi connectivity index (χ0v) is 17.5. The third-order valence-corrected chi connectivity index (χ3v) is 5.44. The Kier molecular flexibility index (Phi) is 5.27. The van der Waals surface area contributed by atoms with Crippen molar-refractivity contribution in [3.63, 3.8) is 0 Å². The molecule has 0 aliphatic rings. The molecule has 33 heavy (non-hydrogen) atoms. The molecule has 0 radical (unpaired) electrons. The van der Waals surface area contributed by atoms with E-state index < -0.39 is 61.1 Å². The van der Waals surface area contributed by atoms with Crippen LogP contribution in [0, 0.1) is 0 Å². The number of rotatable bonds is 5. The standard InChI is InChI=1S/C18H11ClN2O11S/c19-10-4-7-3-9(18(26)31-15(7)16(14(10)25)33(27,28)29)17-20-6-8(30-17)5-13(24)32-21-11(22)1-2-12(21)23/h1-4,6,22-23,25H,5H2,(H,27,28,29). The number of halogens is 1. The number of carbonyl (C=O) groups excluding carboxylic acids is 1. The zero-order chi connectivity index (χ0) is 24.1. The minimum atomic E-state index is -5.01. The van der Waals surface area contributed by atoms with Crippen molar-refractivity contribution in [2.75, 3.05) is 0 Å². The van der Waals surface area contributed by atoms with Gasteiger partial charge in [-0.05, 0) is 12.1 Å². The topological polar surface area (TPSA) is 203 Å². The number of benzene rings is 1. The fourth-order valence-corrected chi connectivity index (χ4v) is 3.88. The van der Waals surface area contributed by atoms with Crippen LogP contribution in [-0.4, -0.2) is 44.0 Å². The first-order chi connectivity index (χ1) is 15.5. The van der Waals surface area contributed by atoms with Gasteiger partial charge in [0.2, 0.25) is 17.7 Å². The van der Waals surface area contributed by atoms with E-state index in [4.69, 9.17) is 25.3 Å². The summed E-state index contributed by atoms with van der Waals surface area (Å²) in [6, 6.07) is 4.37. The second-order valence-electron chi connectivity index (χ2n) is 6.49. The van der Waals surface area contributed by atoms with E-state index in [-0.39, 0.29) is 22.6 Å². The molecule has 0 fully saturated rings. The van der Waals surface area contributed by atoms with Crippen LogP contribution in [0.5, 0.6) is 17.5 Å². The molecule has 4 aromatic rings. The number of hydrogen-bond donors (Lipinski definition) is 4. The molecule has 0 aliphatic carbocycles. The van der Waals surface area contributed by atoms with Gasteiger partial charge in [0.15, 0.2) is 16.2 Å². The van der Waals surface area contributed by atoms with Crippen molar-refractivity contribution in [3.8, 4) is 29.0 Å². The maximum atomic E-state index is 12.4. The maximum Gasteiger partial charge on any atom is 0.349 e. The molecule has 3 heterocycles. The number of aromatic nitrogens is 2. The molecule has 0 saturated heterocycles. The van der Waals surface area contributed by atoms with Crippen molar-refractivity contribution in [2.45, 2.75) is 11.3 Å². The second kappa shape index (κ2) is 7.84. The van der Waals surface area contributed by atoms with Gasteiger partial charge in [0.25, 0.3) is 0 Å². The van der Waals surface area contributed by atoms with Gasteiger partial charge in [0.1, 0.15) is 17.7 Å². The Hall–Kier alpha value is -4.01. The fourth-order valence-electron chi connectivity index (χ4n) is 2.87. The van der Waals surface area contributed by atoms with Gasteiger partial charge in [-0.25, -0.2) is 14.6 Å². The summed E-state index contributed by atoms with van der Waals surface area (Å²) in [6.45, 7) is 0. The molecule has 3 aromatic heterocycles. The first kappa shape index (κ1) is 22.2. The average Bonchev–Trinajstić information content (AvgIpc) is 3.29. The van der Waals surface area contributed by atoms with Crippen molar-refractivity contribution in [1.29, 1.82) is 0 Å². The van der Waals surface area contributed by atoms with Gasteiger partial charge < -0.3 is 29.0 Å². The molecule has 4 N–H and O–H groups in total. The Morgan fingerprint density at radius 2 is 1.82 bits per heavy atom. The predicted octanol–water partition coefficient (Wildman–Crippen LogP) is 1.46. The lowest BCUT2D eigenvalue weighted by Crippen LogP contribution is -2.20. The van der Waals surface area contributed by atoms with E-state index in [1.54, 1.807) is 0 Å². The number of phenolic OH excluding ortho intramolecular Hbond substituents is 1. The van der Waals surface area contributed by atoms with E-state index in [2.05, 4.69) is 4.98 Å². The van der Waals surface area contributed by atoms with E-state index in [0.717, 1.165) is 30.5 Å². The van der Waals surface area contributed by atoms with Gasteiger partial charge in [-0.1, -0.05) is 11.6 Å². The van der Waals surface area contributed by atoms with E-state index in [9.17, 15) is 37.9 Å². The van der Waals surface area contributed by atoms with Crippen LogP contribution >= 0.6 is 11.6 Å². The quantitative estimate of drug-likeness (QED) is 0.228. The molecule has 0 bridgehead atoms. The molecule has 0 unspecified atom stereocenters. The smallest absolute Gasteiger partial charge is 0.349 e. The van der Waals surface area contributed by atoms with Gasteiger partial charge in [0.05, 0.1) is 11.2 Å². The maximum absolute atomic E-state index is 12.4. The van der Waals surface area contributed by atoms with E-state index in [0.29, 0.717) is 4.73 Å². The summed E-state index contributed by atoms with van der Waals surface area (Å²) in [5.74, 6) is -3.38. The highest BCUT2D eigenvalue weighted by Gasteiger charge is 2.26. The Morgan fingerprint density at radius 3 is 2.45 bits per heavy atom. The van der Waals surface area contributed by atoms with Crippen LogP contribution in [0.3, 0.4) is 0 Å². The van der Waals surface area contributed by atoms with Gasteiger partial charge in [0, 0.05) is 17.5 Å². The highest BCUT2D eigenvalue weighted by atomic mass is 35.5. The Labute approximate surface area is 187 Å². The molecular formula is C18H11ClN2O11S. The van der Waals surface area contributed by atoms with Crippen molar-refractivity contribution < 1.29 is 46.8 Å². The lowest BCUT2D eigenvalue weighted by molar-refractivity contribution is -0.144. The molecule has 0 spiro atoms. The lowest BCUT2D eigenvalue weighted by Gasteiger charge is -2.07. The first-order valence-electron chi connectivity index (χ1n) is 8.68. The highest BCUT2D eigenvalue weighted by Crippen LogP contribution is 2.38. The van der Waals surface area contributed by atoms with Crippen LogP contribution in [-0.2, 0) is 21.3 Å². The number of nitrogens with zero attached hydrogens (tertiary/aromatic N) is 2. The minimum absolute atomic E-state index is 0.0667. The predicted molar refractivity (Wildman–Crippen MR) is 108 cm³/mol. The van der Waals surface area contributed by atoms with Gasteiger partial charge in [-0.2, -0.15) is 8.42 Å². The summed E-state index contributed by atoms with van der Waals surface area (Å²) in [6.07, 6.45) is 0.596. The summed E-state index contributed by atoms with van der Waals surface area (Å²) in [4.78, 5) is 32.0. The van der Waals surface area contributed by atoms with Crippen LogP contribution < -0.4 is 10.5 Å². The lowest BCUT2D eigenvalue weighted by atomic mass is 10.1. The van der Waals surface area contributed by atoms with Crippen molar-refractivity contribution in [3.05, 3.63) is 51.7 Å². The van der Waals surface area contributed by atoms with Gasteiger partial charge >= 0.3 is 21.7 Å². The molecule has 1 aromatic carbocycles. The number of aromatic hydroxyl groups is 3. The van der Waals surface area contributed by atoms with Gasteiger partial charge in [-0.15, -0.1) is 4.73 Å². The Morgan fingerprint density at radius 1 is 1.15 bits per heavy atom. The molecule has 0 saturated carbocycles. The van der Waals surface area contributed by atoms with Crippen molar-refractivity contribution in [2.24, 2.45) is 0 Å². The van der Waals surface area contributed by atoms with Crippen molar-refractivity contribution >= 4 is 38.7 Å². The number of hydrogen-bond acceptors (Lipinski definition) is 11. The number of fused-ring (bicyclic) bond motifs is 1. The molecule has 0 amide bonds. The summed E-state index contributed by atoms with van der Waals surface area (Å²) in [5, 5.41) is 28.3. The third-order valence-electron chi connectivity index (χ3n) is 4.26. The van der Waals surface area contributed by atoms with Gasteiger partial charge in [-0.3, -0.25) is 4.55 Å². The van der Waals surface area contributed by atoms with E-state index in [1.807, 2.05) is 0 Å². The molecule has 15 heteroatoms. The number of oxazole rings is 1. The van der Waals surface area contributed by atoms with Crippen LogP contribution in [0.1, 0.15) is 5.76 Å². The second-order valence-corrected chi connectivity index (χ2v) is 8.26. The SMILES string of the molecule is O=C(Cc1cnc(-c2cc3cc(Cl)c(O)c(S(=O)(=O)O)c3oc2=O)o1)On1c(O)ccc1O. The average molecular weight is 499 g/mol. The Bertz CT molecular complexity index is 1560. The zero-order valence-electron chi connectivity index (χ0n) is 15.9. The Balaban J connectivity index is 1.68. The third kappa shape index (κ3) is 4.09. The summed E-state index contributed by atoms with van der Waals surface area (Å²) >= 11 is 5.81. The fraction of sp³-hybridized carbons (Fsp3) is 0.0556. The number of phenols is 1. The van der Waals surface area contributed by atoms with Crippen LogP contribution in [0.4, 0.5) is 0 Å². The molecule has 172 valence electrons. The first-order valence-corrected chi connectivity index (χ1v) is 10.5. The summed E-state index contributed by atoms with van der Waals surface area (Å²) in [5.41, 5.74) is -2.06.